The monoisotopic (exact) mass is 375 g/mol. The number of para-hydroxylation sites is 2. The number of anilines is 2. The molecular weight excluding hydrogens is 354 g/mol. The summed E-state index contributed by atoms with van der Waals surface area (Å²) >= 11 is 0. The van der Waals surface area contributed by atoms with E-state index in [0.29, 0.717) is 23.2 Å². The lowest BCUT2D eigenvalue weighted by atomic mass is 10.2. The predicted molar refractivity (Wildman–Crippen MR) is 106 cm³/mol. The van der Waals surface area contributed by atoms with Gasteiger partial charge in [0, 0.05) is 24.8 Å². The first-order valence-corrected chi connectivity index (χ1v) is 9.13. The fraction of sp³-hybridized carbons (Fsp3) is 0.300. The van der Waals surface area contributed by atoms with E-state index in [4.69, 9.17) is 4.74 Å². The van der Waals surface area contributed by atoms with Gasteiger partial charge in [-0.15, -0.1) is 4.80 Å². The van der Waals surface area contributed by atoms with Gasteiger partial charge < -0.3 is 15.0 Å². The van der Waals surface area contributed by atoms with Gasteiger partial charge in [0.25, 0.3) is 0 Å². The number of nitrogens with zero attached hydrogens (tertiary/aromatic N) is 6. The molecular formula is C20H21N7O. The van der Waals surface area contributed by atoms with Crippen molar-refractivity contribution in [2.45, 2.75) is 25.4 Å². The molecule has 28 heavy (non-hydrogen) atoms. The summed E-state index contributed by atoms with van der Waals surface area (Å²) in [6, 6.07) is 12.4. The van der Waals surface area contributed by atoms with E-state index in [9.17, 15) is 5.26 Å². The van der Waals surface area contributed by atoms with Crippen LogP contribution >= 0.6 is 0 Å². The normalized spacial score (nSPS) is 18.7. The smallest absolute Gasteiger partial charge is 0.178 e. The maximum atomic E-state index is 9.28. The highest BCUT2D eigenvalue weighted by atomic mass is 16.5. The van der Waals surface area contributed by atoms with Crippen molar-refractivity contribution in [2.75, 3.05) is 23.9 Å². The Hall–Kier alpha value is -3.60. The summed E-state index contributed by atoms with van der Waals surface area (Å²) < 4.78 is 5.40. The number of aromatic nitrogens is 4. The number of rotatable bonds is 5. The summed E-state index contributed by atoms with van der Waals surface area (Å²) in [7, 11) is 1.56. The van der Waals surface area contributed by atoms with Crippen LogP contribution in [0.2, 0.25) is 0 Å². The van der Waals surface area contributed by atoms with E-state index in [2.05, 4.69) is 44.5 Å². The molecule has 1 saturated heterocycles. The lowest BCUT2D eigenvalue weighted by Crippen LogP contribution is -2.30. The lowest BCUT2D eigenvalue weighted by molar-refractivity contribution is 0.413. The van der Waals surface area contributed by atoms with E-state index in [-0.39, 0.29) is 6.04 Å². The van der Waals surface area contributed by atoms with Crippen molar-refractivity contribution in [1.82, 2.24) is 20.0 Å². The number of pyridine rings is 1. The van der Waals surface area contributed by atoms with Crippen LogP contribution in [0.3, 0.4) is 0 Å². The molecule has 4 rings (SSSR count). The Kier molecular flexibility index (Phi) is 4.81. The molecule has 1 aromatic carbocycles. The third-order valence-corrected chi connectivity index (χ3v) is 4.97. The average Bonchev–Trinajstić information content (AvgIpc) is 3.37. The predicted octanol–water partition coefficient (Wildman–Crippen LogP) is 2.62. The Labute approximate surface area is 163 Å². The molecule has 1 aliphatic heterocycles. The van der Waals surface area contributed by atoms with Crippen LogP contribution in [0.5, 0.6) is 5.75 Å². The highest BCUT2D eigenvalue weighted by Crippen LogP contribution is 2.33. The number of benzene rings is 1. The molecule has 8 heteroatoms. The van der Waals surface area contributed by atoms with E-state index in [1.165, 1.54) is 0 Å². The zero-order chi connectivity index (χ0) is 19.5. The fourth-order valence-corrected chi connectivity index (χ4v) is 3.73. The van der Waals surface area contributed by atoms with Crippen molar-refractivity contribution < 1.29 is 4.74 Å². The van der Waals surface area contributed by atoms with E-state index < -0.39 is 0 Å². The van der Waals surface area contributed by atoms with Crippen molar-refractivity contribution in [3.8, 4) is 17.5 Å². The van der Waals surface area contributed by atoms with Crippen LogP contribution in [0.1, 0.15) is 18.9 Å². The Balaban J connectivity index is 1.58. The molecule has 3 heterocycles. The topological polar surface area (TPSA) is 91.9 Å². The maximum Gasteiger partial charge on any atom is 0.178 e. The lowest BCUT2D eigenvalue weighted by Gasteiger charge is -2.26. The number of hydrogen-bond donors (Lipinski definition) is 1. The van der Waals surface area contributed by atoms with E-state index >= 15 is 0 Å². The van der Waals surface area contributed by atoms with Gasteiger partial charge in [-0.25, -0.2) is 4.98 Å². The number of hydrogen-bond acceptors (Lipinski definition) is 7. The van der Waals surface area contributed by atoms with Crippen molar-refractivity contribution in [3.05, 3.63) is 54.5 Å². The van der Waals surface area contributed by atoms with Gasteiger partial charge >= 0.3 is 0 Å². The van der Waals surface area contributed by atoms with Gasteiger partial charge in [-0.3, -0.25) is 0 Å². The molecule has 0 saturated carbocycles. The SMILES string of the molecule is COc1c(C#N)ccnc1N[C@@H]1C[C@@H](C)N(c2ccccc2-n2nccn2)C1. The largest absolute Gasteiger partial charge is 0.492 e. The second kappa shape index (κ2) is 7.56. The molecule has 142 valence electrons. The number of ether oxygens (including phenoxy) is 1. The highest BCUT2D eigenvalue weighted by Gasteiger charge is 2.31. The Morgan fingerprint density at radius 1 is 1.14 bits per heavy atom. The van der Waals surface area contributed by atoms with Crippen molar-refractivity contribution in [2.24, 2.45) is 0 Å². The molecule has 0 bridgehead atoms. The van der Waals surface area contributed by atoms with Gasteiger partial charge in [-0.1, -0.05) is 12.1 Å². The Morgan fingerprint density at radius 2 is 1.89 bits per heavy atom. The average molecular weight is 375 g/mol. The first-order valence-electron chi connectivity index (χ1n) is 9.13. The van der Waals surface area contributed by atoms with Crippen LogP contribution in [0.4, 0.5) is 11.5 Å². The van der Waals surface area contributed by atoms with Gasteiger partial charge in [0.15, 0.2) is 11.6 Å². The van der Waals surface area contributed by atoms with Crippen LogP contribution in [0, 0.1) is 11.3 Å². The molecule has 0 unspecified atom stereocenters. The molecule has 0 radical (unpaired) electrons. The van der Waals surface area contributed by atoms with Crippen LogP contribution < -0.4 is 15.0 Å². The summed E-state index contributed by atoms with van der Waals surface area (Å²) in [5.41, 5.74) is 2.50. The quantitative estimate of drug-likeness (QED) is 0.733. The summed E-state index contributed by atoms with van der Waals surface area (Å²) in [5, 5.41) is 21.3. The highest BCUT2D eigenvalue weighted by molar-refractivity contribution is 5.64. The number of methoxy groups -OCH3 is 1. The second-order valence-electron chi connectivity index (χ2n) is 6.74. The zero-order valence-corrected chi connectivity index (χ0v) is 15.8. The van der Waals surface area contributed by atoms with Gasteiger partial charge in [-0.05, 0) is 31.5 Å². The first-order chi connectivity index (χ1) is 13.7. The summed E-state index contributed by atoms with van der Waals surface area (Å²) in [6.07, 6.45) is 5.91. The summed E-state index contributed by atoms with van der Waals surface area (Å²) in [6.45, 7) is 2.99. The standard InChI is InChI=1S/C20H21N7O/c1-14-11-16(25-20-19(28-2)15(12-21)7-8-22-20)13-26(14)17-5-3-4-6-18(17)27-23-9-10-24-27/h3-10,14,16H,11,13H2,1-2H3,(H,22,25)/t14-,16-/m1/s1. The minimum atomic E-state index is 0.170. The molecule has 0 amide bonds. The molecule has 1 N–H and O–H groups in total. The maximum absolute atomic E-state index is 9.28. The van der Waals surface area contributed by atoms with Crippen LogP contribution in [-0.4, -0.2) is 45.7 Å². The van der Waals surface area contributed by atoms with Crippen LogP contribution in [-0.2, 0) is 0 Å². The molecule has 0 spiro atoms. The van der Waals surface area contributed by atoms with Crippen molar-refractivity contribution in [3.63, 3.8) is 0 Å². The van der Waals surface area contributed by atoms with Gasteiger partial charge in [0.2, 0.25) is 0 Å². The van der Waals surface area contributed by atoms with Gasteiger partial charge in [0.1, 0.15) is 11.8 Å². The molecule has 3 aromatic rings. The third kappa shape index (κ3) is 3.22. The number of nitriles is 1. The van der Waals surface area contributed by atoms with Gasteiger partial charge in [-0.2, -0.15) is 15.5 Å². The third-order valence-electron chi connectivity index (χ3n) is 4.97. The Morgan fingerprint density at radius 3 is 2.61 bits per heavy atom. The molecule has 1 fully saturated rings. The summed E-state index contributed by atoms with van der Waals surface area (Å²) in [5.74, 6) is 1.08. The Bertz CT molecular complexity index is 996. The summed E-state index contributed by atoms with van der Waals surface area (Å²) in [4.78, 5) is 8.36. The van der Waals surface area contributed by atoms with Gasteiger partial charge in [0.05, 0.1) is 30.8 Å². The van der Waals surface area contributed by atoms with Crippen LogP contribution in [0.15, 0.2) is 48.9 Å². The van der Waals surface area contributed by atoms with E-state index in [0.717, 1.165) is 24.3 Å². The number of nitrogens with one attached hydrogen (secondary N) is 1. The minimum Gasteiger partial charge on any atom is -0.492 e. The fourth-order valence-electron chi connectivity index (χ4n) is 3.73. The molecule has 0 aliphatic carbocycles. The van der Waals surface area contributed by atoms with E-state index in [1.54, 1.807) is 36.6 Å². The van der Waals surface area contributed by atoms with Crippen LogP contribution in [0.25, 0.3) is 5.69 Å². The minimum absolute atomic E-state index is 0.170. The van der Waals surface area contributed by atoms with E-state index in [1.807, 2.05) is 18.2 Å². The zero-order valence-electron chi connectivity index (χ0n) is 15.8. The molecule has 2 atom stereocenters. The molecule has 1 aliphatic rings. The van der Waals surface area contributed by atoms with Crippen molar-refractivity contribution >= 4 is 11.5 Å². The molecule has 8 nitrogen and oxygen atoms in total. The van der Waals surface area contributed by atoms with Crippen molar-refractivity contribution in [1.29, 1.82) is 5.26 Å². The first kappa shape index (κ1) is 17.8. The second-order valence-corrected chi connectivity index (χ2v) is 6.74. The molecule has 2 aromatic heterocycles.